The van der Waals surface area contributed by atoms with Gasteiger partial charge < -0.3 is 19.4 Å². The van der Waals surface area contributed by atoms with Crippen LogP contribution in [0.3, 0.4) is 0 Å². The number of furan rings is 1. The highest BCUT2D eigenvalue weighted by molar-refractivity contribution is 6.29. The fourth-order valence-corrected chi connectivity index (χ4v) is 4.31. The van der Waals surface area contributed by atoms with Crippen LogP contribution in [0.2, 0.25) is 5.22 Å². The quantitative estimate of drug-likeness (QED) is 0.654. The summed E-state index contributed by atoms with van der Waals surface area (Å²) in [5, 5.41) is 20.4. The van der Waals surface area contributed by atoms with E-state index in [1.807, 2.05) is 18.2 Å². The van der Waals surface area contributed by atoms with Gasteiger partial charge in [-0.15, -0.1) is 0 Å². The van der Waals surface area contributed by atoms with Gasteiger partial charge in [-0.1, -0.05) is 37.5 Å². The fourth-order valence-electron chi connectivity index (χ4n) is 4.15. The van der Waals surface area contributed by atoms with E-state index in [0.717, 1.165) is 24.0 Å². The zero-order valence-corrected chi connectivity index (χ0v) is 15.8. The smallest absolute Gasteiger partial charge is 0.378 e. The Labute approximate surface area is 162 Å². The highest BCUT2D eigenvalue weighted by Gasteiger charge is 2.48. The predicted octanol–water partition coefficient (Wildman–Crippen LogP) is 5.75. The summed E-state index contributed by atoms with van der Waals surface area (Å²) in [7, 11) is 0. The number of benzene rings is 1. The van der Waals surface area contributed by atoms with E-state index in [9.17, 15) is 15.0 Å². The number of hydrogen-bond donors (Lipinski definition) is 2. The second-order valence-electron chi connectivity index (χ2n) is 7.40. The number of aliphatic hydroxyl groups is 2. The lowest BCUT2D eigenvalue weighted by Crippen LogP contribution is -2.26. The molecule has 0 bridgehead atoms. The van der Waals surface area contributed by atoms with Crippen molar-refractivity contribution in [2.45, 2.75) is 50.5 Å². The number of rotatable bonds is 3. The monoisotopic (exact) mass is 388 g/mol. The molecule has 4 rings (SSSR count). The van der Waals surface area contributed by atoms with Crippen LogP contribution in [0.4, 0.5) is 0 Å². The van der Waals surface area contributed by atoms with E-state index in [4.69, 9.17) is 20.8 Å². The van der Waals surface area contributed by atoms with Gasteiger partial charge in [-0.25, -0.2) is 4.79 Å². The summed E-state index contributed by atoms with van der Waals surface area (Å²) in [4.78, 5) is 11.8. The minimum Gasteiger partial charge on any atom is -0.505 e. The van der Waals surface area contributed by atoms with Crippen molar-refractivity contribution >= 4 is 17.6 Å². The third-order valence-electron chi connectivity index (χ3n) is 5.68. The average molecular weight is 389 g/mol. The Balaban J connectivity index is 1.85. The Morgan fingerprint density at radius 3 is 2.48 bits per heavy atom. The van der Waals surface area contributed by atoms with Crippen LogP contribution < -0.4 is 0 Å². The summed E-state index contributed by atoms with van der Waals surface area (Å²) in [6, 6.07) is 7.60. The summed E-state index contributed by atoms with van der Waals surface area (Å²) < 4.78 is 10.6. The second-order valence-corrected chi connectivity index (χ2v) is 7.77. The maximum Gasteiger partial charge on any atom is 0.378 e. The molecular formula is C21H21ClO5. The number of esters is 1. The summed E-state index contributed by atoms with van der Waals surface area (Å²) in [6.07, 6.45) is 7.52. The number of carbonyl (C=O) groups excluding carboxylic acids is 1. The highest BCUT2D eigenvalue weighted by atomic mass is 35.5. The van der Waals surface area contributed by atoms with Gasteiger partial charge in [0, 0.05) is 17.2 Å². The number of carbonyl (C=O) groups is 1. The summed E-state index contributed by atoms with van der Waals surface area (Å²) in [6.45, 7) is 1.56. The van der Waals surface area contributed by atoms with E-state index in [1.54, 1.807) is 13.0 Å². The van der Waals surface area contributed by atoms with Gasteiger partial charge in [0.25, 0.3) is 0 Å². The van der Waals surface area contributed by atoms with Gasteiger partial charge in [0.1, 0.15) is 6.26 Å². The Bertz CT molecular complexity index is 922. The number of halogens is 1. The number of ether oxygens (including phenoxy) is 1. The largest absolute Gasteiger partial charge is 0.505 e. The van der Waals surface area contributed by atoms with E-state index in [1.165, 1.54) is 31.1 Å². The molecule has 0 saturated heterocycles. The second kappa shape index (κ2) is 6.64. The Kier molecular flexibility index (Phi) is 4.42. The van der Waals surface area contributed by atoms with Crippen LogP contribution in [0.25, 0.3) is 11.1 Å². The number of aliphatic hydroxyl groups excluding tert-OH is 2. The molecule has 1 aliphatic carbocycles. The third kappa shape index (κ3) is 3.00. The predicted molar refractivity (Wildman–Crippen MR) is 101 cm³/mol. The lowest BCUT2D eigenvalue weighted by Gasteiger charge is -2.28. The molecule has 1 fully saturated rings. The molecule has 2 heterocycles. The first-order valence-corrected chi connectivity index (χ1v) is 9.53. The first kappa shape index (κ1) is 18.0. The molecule has 1 unspecified atom stereocenters. The Morgan fingerprint density at radius 1 is 1.15 bits per heavy atom. The number of hydrogen-bond acceptors (Lipinski definition) is 5. The van der Waals surface area contributed by atoms with Crippen LogP contribution in [0.15, 0.2) is 46.5 Å². The summed E-state index contributed by atoms with van der Waals surface area (Å²) >= 11 is 5.97. The van der Waals surface area contributed by atoms with Crippen LogP contribution >= 0.6 is 11.6 Å². The lowest BCUT2D eigenvalue weighted by molar-refractivity contribution is -0.149. The van der Waals surface area contributed by atoms with Crippen molar-refractivity contribution in [1.82, 2.24) is 0 Å². The van der Waals surface area contributed by atoms with Gasteiger partial charge >= 0.3 is 5.97 Å². The van der Waals surface area contributed by atoms with Gasteiger partial charge in [0.2, 0.25) is 5.76 Å². The SMILES string of the molecule is CC1(c2ccc(C3CCCCC3)cc2-c2coc(Cl)c2)OC(=O)C(O)=C1O. The molecule has 1 aromatic heterocycles. The molecule has 27 heavy (non-hydrogen) atoms. The fraction of sp³-hybridized carbons (Fsp3) is 0.381. The molecule has 2 aromatic rings. The lowest BCUT2D eigenvalue weighted by atomic mass is 9.80. The third-order valence-corrected chi connectivity index (χ3v) is 5.88. The van der Waals surface area contributed by atoms with Gasteiger partial charge in [0.05, 0.1) is 0 Å². The average Bonchev–Trinajstić information content (AvgIpc) is 3.20. The summed E-state index contributed by atoms with van der Waals surface area (Å²) in [5.74, 6) is -1.72. The Morgan fingerprint density at radius 2 is 1.89 bits per heavy atom. The Hall–Kier alpha value is -2.40. The van der Waals surface area contributed by atoms with Crippen LogP contribution in [0, 0.1) is 0 Å². The molecule has 0 amide bonds. The molecule has 2 N–H and O–H groups in total. The molecule has 6 heteroatoms. The van der Waals surface area contributed by atoms with Crippen molar-refractivity contribution in [2.24, 2.45) is 0 Å². The van der Waals surface area contributed by atoms with E-state index in [2.05, 4.69) is 0 Å². The normalized spacial score (nSPS) is 23.7. The van der Waals surface area contributed by atoms with Crippen molar-refractivity contribution in [3.8, 4) is 11.1 Å². The first-order chi connectivity index (χ1) is 12.9. The highest BCUT2D eigenvalue weighted by Crippen LogP contribution is 2.45. The standard InChI is InChI=1S/C21H21ClO5/c1-21(19(24)18(23)20(25)27-21)16-8-7-13(12-5-3-2-4-6-12)9-15(16)14-10-17(22)26-11-14/h7-12,23-24H,2-6H2,1H3. The molecule has 0 spiro atoms. The molecule has 2 aliphatic rings. The van der Waals surface area contributed by atoms with Gasteiger partial charge in [-0.3, -0.25) is 0 Å². The topological polar surface area (TPSA) is 79.9 Å². The van der Waals surface area contributed by atoms with E-state index < -0.39 is 23.1 Å². The zero-order valence-electron chi connectivity index (χ0n) is 15.0. The minimum absolute atomic E-state index is 0.246. The maximum atomic E-state index is 11.8. The molecular weight excluding hydrogens is 368 g/mol. The van der Waals surface area contributed by atoms with Crippen LogP contribution in [-0.2, 0) is 15.1 Å². The molecule has 1 saturated carbocycles. The molecule has 5 nitrogen and oxygen atoms in total. The van der Waals surface area contributed by atoms with Crippen molar-refractivity contribution in [3.05, 3.63) is 58.4 Å². The maximum absolute atomic E-state index is 11.8. The zero-order chi connectivity index (χ0) is 19.2. The molecule has 1 aliphatic heterocycles. The molecule has 1 atom stereocenters. The van der Waals surface area contributed by atoms with Crippen LogP contribution in [0.1, 0.15) is 56.1 Å². The van der Waals surface area contributed by atoms with Gasteiger partial charge in [0.15, 0.2) is 16.6 Å². The van der Waals surface area contributed by atoms with E-state index in [-0.39, 0.29) is 5.22 Å². The molecule has 0 radical (unpaired) electrons. The van der Waals surface area contributed by atoms with Crippen LogP contribution in [-0.4, -0.2) is 16.2 Å². The van der Waals surface area contributed by atoms with Crippen molar-refractivity contribution in [1.29, 1.82) is 0 Å². The van der Waals surface area contributed by atoms with Gasteiger partial charge in [-0.2, -0.15) is 0 Å². The minimum atomic E-state index is -1.47. The van der Waals surface area contributed by atoms with Crippen molar-refractivity contribution in [3.63, 3.8) is 0 Å². The van der Waals surface area contributed by atoms with Crippen molar-refractivity contribution < 1.29 is 24.2 Å². The van der Waals surface area contributed by atoms with Gasteiger partial charge in [-0.05, 0) is 48.4 Å². The first-order valence-electron chi connectivity index (χ1n) is 9.15. The molecule has 142 valence electrons. The van der Waals surface area contributed by atoms with Crippen LogP contribution in [0.5, 0.6) is 0 Å². The molecule has 1 aromatic carbocycles. The van der Waals surface area contributed by atoms with E-state index >= 15 is 0 Å². The van der Waals surface area contributed by atoms with E-state index in [0.29, 0.717) is 11.5 Å². The number of cyclic esters (lactones) is 1. The van der Waals surface area contributed by atoms with Crippen molar-refractivity contribution in [2.75, 3.05) is 0 Å². The summed E-state index contributed by atoms with van der Waals surface area (Å²) in [5.41, 5.74) is 1.78.